The van der Waals surface area contributed by atoms with E-state index in [0.717, 1.165) is 0 Å². The summed E-state index contributed by atoms with van der Waals surface area (Å²) in [6.45, 7) is 1.66. The first-order valence-electron chi connectivity index (χ1n) is 7.66. The number of hydrogen-bond donors (Lipinski definition) is 1. The quantitative estimate of drug-likeness (QED) is 0.577. The number of ether oxygens (including phenoxy) is 2. The van der Waals surface area contributed by atoms with Crippen molar-refractivity contribution in [3.63, 3.8) is 0 Å². The fourth-order valence-electron chi connectivity index (χ4n) is 2.11. The van der Waals surface area contributed by atoms with Crippen molar-refractivity contribution in [1.82, 2.24) is 5.32 Å². The SMILES string of the molecule is COc1ccc(C(C)=O)cc1COC(=O)CCNC(=O)c1cccs1. The summed E-state index contributed by atoms with van der Waals surface area (Å²) in [4.78, 5) is 35.6. The van der Waals surface area contributed by atoms with E-state index in [1.54, 1.807) is 30.3 Å². The van der Waals surface area contributed by atoms with Crippen molar-refractivity contribution < 1.29 is 23.9 Å². The molecule has 1 N–H and O–H groups in total. The van der Waals surface area contributed by atoms with Crippen molar-refractivity contribution in [2.45, 2.75) is 20.0 Å². The molecule has 0 aliphatic carbocycles. The van der Waals surface area contributed by atoms with Crippen LogP contribution in [0.4, 0.5) is 0 Å². The second-order valence-electron chi connectivity index (χ2n) is 5.23. The number of Topliss-reactive ketones (excluding diaryl/α,β-unsaturated/α-hetero) is 1. The number of nitrogens with one attached hydrogen (secondary N) is 1. The van der Waals surface area contributed by atoms with E-state index in [4.69, 9.17) is 9.47 Å². The Morgan fingerprint density at radius 3 is 2.64 bits per heavy atom. The molecule has 0 fully saturated rings. The smallest absolute Gasteiger partial charge is 0.307 e. The first-order chi connectivity index (χ1) is 12.0. The average molecular weight is 361 g/mol. The topological polar surface area (TPSA) is 81.7 Å². The van der Waals surface area contributed by atoms with Crippen LogP contribution in [-0.4, -0.2) is 31.3 Å². The molecule has 25 heavy (non-hydrogen) atoms. The van der Waals surface area contributed by atoms with E-state index in [1.165, 1.54) is 25.4 Å². The number of methoxy groups -OCH3 is 1. The van der Waals surface area contributed by atoms with Crippen LogP contribution in [0.1, 0.15) is 38.9 Å². The molecule has 0 aliphatic heterocycles. The maximum absolute atomic E-state index is 11.8. The Hall–Kier alpha value is -2.67. The average Bonchev–Trinajstić information content (AvgIpc) is 3.14. The fourth-order valence-corrected chi connectivity index (χ4v) is 2.75. The Kier molecular flexibility index (Phi) is 6.71. The Bertz CT molecular complexity index is 755. The van der Waals surface area contributed by atoms with Gasteiger partial charge in [-0.05, 0) is 36.6 Å². The standard InChI is InChI=1S/C18H19NO5S/c1-12(20)13-5-6-15(23-2)14(10-13)11-24-17(21)7-8-19-18(22)16-4-3-9-25-16/h3-6,9-10H,7-8,11H2,1-2H3,(H,19,22). The molecule has 0 unspecified atom stereocenters. The number of rotatable bonds is 8. The van der Waals surface area contributed by atoms with Crippen LogP contribution in [0, 0.1) is 0 Å². The highest BCUT2D eigenvalue weighted by atomic mass is 32.1. The van der Waals surface area contributed by atoms with Gasteiger partial charge >= 0.3 is 5.97 Å². The summed E-state index contributed by atoms with van der Waals surface area (Å²) in [6, 6.07) is 8.48. The van der Waals surface area contributed by atoms with Gasteiger partial charge < -0.3 is 14.8 Å². The lowest BCUT2D eigenvalue weighted by Gasteiger charge is -2.11. The first-order valence-corrected chi connectivity index (χ1v) is 8.54. The van der Waals surface area contributed by atoms with Gasteiger partial charge in [0.05, 0.1) is 18.4 Å². The van der Waals surface area contributed by atoms with Gasteiger partial charge in [-0.2, -0.15) is 0 Å². The molecule has 0 aliphatic rings. The third kappa shape index (κ3) is 5.42. The normalized spacial score (nSPS) is 10.2. The van der Waals surface area contributed by atoms with Gasteiger partial charge in [0.25, 0.3) is 5.91 Å². The van der Waals surface area contributed by atoms with E-state index >= 15 is 0 Å². The number of amides is 1. The molecule has 0 atom stereocenters. The summed E-state index contributed by atoms with van der Waals surface area (Å²) >= 11 is 1.34. The van der Waals surface area contributed by atoms with E-state index in [2.05, 4.69) is 5.32 Å². The molecule has 1 aromatic carbocycles. The molecule has 0 spiro atoms. The molecule has 1 heterocycles. The number of thiophene rings is 1. The molecular weight excluding hydrogens is 342 g/mol. The predicted molar refractivity (Wildman–Crippen MR) is 94.1 cm³/mol. The van der Waals surface area contributed by atoms with Crippen LogP contribution in [0.2, 0.25) is 0 Å². The monoisotopic (exact) mass is 361 g/mol. The summed E-state index contributed by atoms with van der Waals surface area (Å²) in [5.41, 5.74) is 1.14. The molecule has 2 rings (SSSR count). The lowest BCUT2D eigenvalue weighted by molar-refractivity contribution is -0.144. The maximum Gasteiger partial charge on any atom is 0.307 e. The second kappa shape index (κ2) is 8.98. The van der Waals surface area contributed by atoms with E-state index in [1.807, 2.05) is 5.38 Å². The van der Waals surface area contributed by atoms with Crippen LogP contribution >= 0.6 is 11.3 Å². The van der Waals surface area contributed by atoms with Gasteiger partial charge in [0.1, 0.15) is 12.4 Å². The molecule has 1 amide bonds. The van der Waals surface area contributed by atoms with Crippen LogP contribution in [0.25, 0.3) is 0 Å². The first kappa shape index (κ1) is 18.7. The van der Waals surface area contributed by atoms with E-state index in [-0.39, 0.29) is 31.3 Å². The molecule has 6 nitrogen and oxygen atoms in total. The van der Waals surface area contributed by atoms with Crippen molar-refractivity contribution in [1.29, 1.82) is 0 Å². The number of carbonyl (C=O) groups excluding carboxylic acids is 3. The minimum atomic E-state index is -0.443. The van der Waals surface area contributed by atoms with Gasteiger partial charge in [0, 0.05) is 17.7 Å². The predicted octanol–water partition coefficient (Wildman–Crippen LogP) is 2.82. The van der Waals surface area contributed by atoms with Gasteiger partial charge in [-0.3, -0.25) is 14.4 Å². The zero-order valence-electron chi connectivity index (χ0n) is 14.0. The summed E-state index contributed by atoms with van der Waals surface area (Å²) < 4.78 is 10.4. The number of benzene rings is 1. The van der Waals surface area contributed by atoms with Crippen molar-refractivity contribution in [2.75, 3.05) is 13.7 Å². The highest BCUT2D eigenvalue weighted by Crippen LogP contribution is 2.21. The molecule has 1 aromatic heterocycles. The Balaban J connectivity index is 1.82. The third-order valence-electron chi connectivity index (χ3n) is 3.44. The van der Waals surface area contributed by atoms with Gasteiger partial charge in [0.2, 0.25) is 0 Å². The number of hydrogen-bond acceptors (Lipinski definition) is 6. The number of ketones is 1. The molecule has 132 valence electrons. The van der Waals surface area contributed by atoms with Crippen LogP contribution in [0.5, 0.6) is 5.75 Å². The zero-order chi connectivity index (χ0) is 18.2. The van der Waals surface area contributed by atoms with Crippen molar-refractivity contribution >= 4 is 29.0 Å². The minimum Gasteiger partial charge on any atom is -0.496 e. The second-order valence-corrected chi connectivity index (χ2v) is 6.17. The van der Waals surface area contributed by atoms with Gasteiger partial charge in [-0.1, -0.05) is 6.07 Å². The Labute approximate surface area is 149 Å². The molecule has 7 heteroatoms. The summed E-state index contributed by atoms with van der Waals surface area (Å²) in [5, 5.41) is 4.47. The molecular formula is C18H19NO5S. The van der Waals surface area contributed by atoms with Crippen LogP contribution < -0.4 is 10.1 Å². The summed E-state index contributed by atoms with van der Waals surface area (Å²) in [7, 11) is 1.51. The number of carbonyl (C=O) groups is 3. The van der Waals surface area contributed by atoms with Crippen LogP contribution in [0.15, 0.2) is 35.7 Å². The summed E-state index contributed by atoms with van der Waals surface area (Å²) in [6.07, 6.45) is 0.0613. The van der Waals surface area contributed by atoms with E-state index in [0.29, 0.717) is 21.8 Å². The minimum absolute atomic E-state index is 0.00198. The van der Waals surface area contributed by atoms with Gasteiger partial charge in [-0.25, -0.2) is 0 Å². The highest BCUT2D eigenvalue weighted by molar-refractivity contribution is 7.12. The lowest BCUT2D eigenvalue weighted by Crippen LogP contribution is -2.25. The largest absolute Gasteiger partial charge is 0.496 e. The maximum atomic E-state index is 11.8. The molecule has 0 radical (unpaired) electrons. The fraction of sp³-hybridized carbons (Fsp3) is 0.278. The van der Waals surface area contributed by atoms with Crippen LogP contribution in [-0.2, 0) is 16.1 Å². The molecule has 0 saturated heterocycles. The summed E-state index contributed by atoms with van der Waals surface area (Å²) in [5.74, 6) is -0.185. The van der Waals surface area contributed by atoms with Crippen LogP contribution in [0.3, 0.4) is 0 Å². The van der Waals surface area contributed by atoms with Crippen molar-refractivity contribution in [2.24, 2.45) is 0 Å². The highest BCUT2D eigenvalue weighted by Gasteiger charge is 2.11. The molecule has 2 aromatic rings. The van der Waals surface area contributed by atoms with E-state index in [9.17, 15) is 14.4 Å². The zero-order valence-corrected chi connectivity index (χ0v) is 14.9. The Morgan fingerprint density at radius 2 is 2.00 bits per heavy atom. The number of esters is 1. The van der Waals surface area contributed by atoms with E-state index < -0.39 is 5.97 Å². The molecule has 0 saturated carbocycles. The Morgan fingerprint density at radius 1 is 1.20 bits per heavy atom. The van der Waals surface area contributed by atoms with Gasteiger partial charge in [0.15, 0.2) is 5.78 Å². The molecule has 0 bridgehead atoms. The third-order valence-corrected chi connectivity index (χ3v) is 4.30. The lowest BCUT2D eigenvalue weighted by atomic mass is 10.1. The van der Waals surface area contributed by atoms with Crippen molar-refractivity contribution in [3.05, 3.63) is 51.7 Å². The van der Waals surface area contributed by atoms with Gasteiger partial charge in [-0.15, -0.1) is 11.3 Å². The van der Waals surface area contributed by atoms with Crippen molar-refractivity contribution in [3.8, 4) is 5.75 Å².